The molecule has 0 fully saturated rings. The lowest BCUT2D eigenvalue weighted by Gasteiger charge is -1.99. The number of nitrogens with two attached hydrogens (primary N) is 1. The summed E-state index contributed by atoms with van der Waals surface area (Å²) in [6.07, 6.45) is 4.17. The van der Waals surface area contributed by atoms with Crippen LogP contribution in [0.2, 0.25) is 0 Å². The van der Waals surface area contributed by atoms with Crippen molar-refractivity contribution in [1.29, 1.82) is 0 Å². The Kier molecular flexibility index (Phi) is 3.36. The molecule has 0 radical (unpaired) electrons. The van der Waals surface area contributed by atoms with Crippen molar-refractivity contribution in [3.8, 4) is 0 Å². The van der Waals surface area contributed by atoms with Gasteiger partial charge in [-0.1, -0.05) is 54.6 Å². The first-order valence-electron chi connectivity index (χ1n) is 5.18. The van der Waals surface area contributed by atoms with Gasteiger partial charge in [-0.25, -0.2) is 0 Å². The molecule has 2 aromatic carbocycles. The van der Waals surface area contributed by atoms with Crippen molar-refractivity contribution in [2.24, 2.45) is 5.84 Å². The fraction of sp³-hybridized carbons (Fsp3) is 0. The second-order valence-corrected chi connectivity index (χ2v) is 3.51. The lowest BCUT2D eigenvalue weighted by Crippen LogP contribution is -2.05. The normalized spacial score (nSPS) is 10.6. The largest absolute Gasteiger partial charge is 0.324 e. The molecule has 0 aliphatic rings. The van der Waals surface area contributed by atoms with E-state index in [1.54, 1.807) is 0 Å². The molecule has 0 heterocycles. The number of hydrazine groups is 1. The molecule has 0 bridgehead atoms. The highest BCUT2D eigenvalue weighted by molar-refractivity contribution is 5.70. The summed E-state index contributed by atoms with van der Waals surface area (Å²) in [7, 11) is 0. The first-order chi connectivity index (χ1) is 7.88. The predicted octanol–water partition coefficient (Wildman–Crippen LogP) is 3.14. The molecule has 0 saturated heterocycles. The Morgan fingerprint density at radius 2 is 1.31 bits per heavy atom. The average molecular weight is 210 g/mol. The number of nitrogens with one attached hydrogen (secondary N) is 1. The first kappa shape index (κ1) is 10.5. The van der Waals surface area contributed by atoms with Gasteiger partial charge in [0.25, 0.3) is 0 Å². The van der Waals surface area contributed by atoms with E-state index in [4.69, 9.17) is 5.84 Å². The van der Waals surface area contributed by atoms with E-state index < -0.39 is 0 Å². The third-order valence-electron chi connectivity index (χ3n) is 2.35. The van der Waals surface area contributed by atoms with Gasteiger partial charge in [-0.3, -0.25) is 5.84 Å². The van der Waals surface area contributed by atoms with Gasteiger partial charge >= 0.3 is 0 Å². The van der Waals surface area contributed by atoms with Crippen LogP contribution in [0.5, 0.6) is 0 Å². The smallest absolute Gasteiger partial charge is 0.0485 e. The van der Waals surface area contributed by atoms with Crippen molar-refractivity contribution in [1.82, 2.24) is 0 Å². The Morgan fingerprint density at radius 3 is 1.88 bits per heavy atom. The third kappa shape index (κ3) is 2.72. The molecule has 0 amide bonds. The van der Waals surface area contributed by atoms with Crippen LogP contribution in [0.1, 0.15) is 11.1 Å². The van der Waals surface area contributed by atoms with Crippen LogP contribution in [0.4, 0.5) is 5.69 Å². The zero-order valence-electron chi connectivity index (χ0n) is 8.93. The zero-order valence-corrected chi connectivity index (χ0v) is 8.93. The van der Waals surface area contributed by atoms with E-state index in [1.807, 2.05) is 42.5 Å². The Bertz CT molecular complexity index is 458. The van der Waals surface area contributed by atoms with Gasteiger partial charge in [0.2, 0.25) is 0 Å². The molecule has 0 aliphatic heterocycles. The van der Waals surface area contributed by atoms with E-state index in [0.717, 1.165) is 11.3 Å². The second-order valence-electron chi connectivity index (χ2n) is 3.51. The minimum absolute atomic E-state index is 0.914. The van der Waals surface area contributed by atoms with Gasteiger partial charge in [0.15, 0.2) is 0 Å². The number of hydrogen-bond donors (Lipinski definition) is 2. The molecule has 2 nitrogen and oxygen atoms in total. The van der Waals surface area contributed by atoms with Crippen molar-refractivity contribution in [2.45, 2.75) is 0 Å². The van der Waals surface area contributed by atoms with Crippen LogP contribution in [0.15, 0.2) is 54.6 Å². The quantitative estimate of drug-likeness (QED) is 0.464. The highest BCUT2D eigenvalue weighted by atomic mass is 15.2. The summed E-state index contributed by atoms with van der Waals surface area (Å²) in [5, 5.41) is 0. The van der Waals surface area contributed by atoms with E-state index in [-0.39, 0.29) is 0 Å². The summed E-state index contributed by atoms with van der Waals surface area (Å²) in [4.78, 5) is 0. The maximum absolute atomic E-state index is 5.30. The van der Waals surface area contributed by atoms with E-state index in [9.17, 15) is 0 Å². The van der Waals surface area contributed by atoms with Crippen LogP contribution >= 0.6 is 0 Å². The van der Waals surface area contributed by atoms with Crippen molar-refractivity contribution >= 4 is 17.8 Å². The van der Waals surface area contributed by atoms with Gasteiger partial charge in [0, 0.05) is 5.69 Å². The molecule has 16 heavy (non-hydrogen) atoms. The number of benzene rings is 2. The van der Waals surface area contributed by atoms with Crippen molar-refractivity contribution in [3.63, 3.8) is 0 Å². The molecular weight excluding hydrogens is 196 g/mol. The molecule has 0 aromatic heterocycles. The van der Waals surface area contributed by atoms with Gasteiger partial charge in [-0.05, 0) is 23.3 Å². The van der Waals surface area contributed by atoms with Gasteiger partial charge in [0.05, 0.1) is 0 Å². The van der Waals surface area contributed by atoms with Gasteiger partial charge < -0.3 is 5.43 Å². The van der Waals surface area contributed by atoms with Crippen LogP contribution in [-0.2, 0) is 0 Å². The highest BCUT2D eigenvalue weighted by Crippen LogP contribution is 2.11. The molecule has 3 N–H and O–H groups in total. The van der Waals surface area contributed by atoms with Crippen LogP contribution in [0, 0.1) is 0 Å². The predicted molar refractivity (Wildman–Crippen MR) is 69.6 cm³/mol. The van der Waals surface area contributed by atoms with Gasteiger partial charge in [-0.15, -0.1) is 0 Å². The van der Waals surface area contributed by atoms with Crippen LogP contribution < -0.4 is 11.3 Å². The Labute approximate surface area is 95.4 Å². The summed E-state index contributed by atoms with van der Waals surface area (Å²) < 4.78 is 0. The molecule has 80 valence electrons. The molecule has 0 spiro atoms. The minimum Gasteiger partial charge on any atom is -0.324 e. The molecule has 0 atom stereocenters. The molecule has 0 unspecified atom stereocenters. The highest BCUT2D eigenvalue weighted by Gasteiger charge is 1.89. The van der Waals surface area contributed by atoms with Crippen molar-refractivity contribution in [3.05, 3.63) is 65.7 Å². The number of nitrogen functional groups attached to an aromatic ring is 1. The summed E-state index contributed by atoms with van der Waals surface area (Å²) in [6.45, 7) is 0. The zero-order chi connectivity index (χ0) is 11.2. The maximum Gasteiger partial charge on any atom is 0.0485 e. The molecule has 0 saturated carbocycles. The maximum atomic E-state index is 5.30. The van der Waals surface area contributed by atoms with Crippen LogP contribution in [0.3, 0.4) is 0 Å². The van der Waals surface area contributed by atoms with Crippen LogP contribution in [0.25, 0.3) is 12.2 Å². The summed E-state index contributed by atoms with van der Waals surface area (Å²) in [5.41, 5.74) is 5.87. The molecule has 0 aliphatic carbocycles. The standard InChI is InChI=1S/C14H14N2/c15-16-14-10-8-13(9-11-14)7-6-12-4-2-1-3-5-12/h1-11,16H,15H2. The molecule has 2 heteroatoms. The number of rotatable bonds is 3. The average Bonchev–Trinajstić information content (AvgIpc) is 2.38. The molecular formula is C14H14N2. The third-order valence-corrected chi connectivity index (χ3v) is 2.35. The Hall–Kier alpha value is -2.06. The molecule has 2 rings (SSSR count). The summed E-state index contributed by atoms with van der Waals surface area (Å²) >= 11 is 0. The minimum atomic E-state index is 0.914. The fourth-order valence-electron chi connectivity index (χ4n) is 1.45. The second kappa shape index (κ2) is 5.14. The SMILES string of the molecule is NNc1ccc(C=Cc2ccccc2)cc1. The van der Waals surface area contributed by atoms with E-state index in [1.165, 1.54) is 5.56 Å². The molecule has 2 aromatic rings. The van der Waals surface area contributed by atoms with Crippen LogP contribution in [-0.4, -0.2) is 0 Å². The topological polar surface area (TPSA) is 38.0 Å². The monoisotopic (exact) mass is 210 g/mol. The Morgan fingerprint density at radius 1 is 0.750 bits per heavy atom. The van der Waals surface area contributed by atoms with E-state index in [2.05, 4.69) is 29.7 Å². The lowest BCUT2D eigenvalue weighted by atomic mass is 10.1. The van der Waals surface area contributed by atoms with E-state index in [0.29, 0.717) is 0 Å². The number of hydrogen-bond acceptors (Lipinski definition) is 2. The lowest BCUT2D eigenvalue weighted by molar-refractivity contribution is 1.35. The van der Waals surface area contributed by atoms with Gasteiger partial charge in [0.1, 0.15) is 0 Å². The Balaban J connectivity index is 2.12. The van der Waals surface area contributed by atoms with E-state index >= 15 is 0 Å². The van der Waals surface area contributed by atoms with Crippen molar-refractivity contribution < 1.29 is 0 Å². The summed E-state index contributed by atoms with van der Waals surface area (Å²) in [5.74, 6) is 5.30. The van der Waals surface area contributed by atoms with Gasteiger partial charge in [-0.2, -0.15) is 0 Å². The number of anilines is 1. The first-order valence-corrected chi connectivity index (χ1v) is 5.18. The summed E-state index contributed by atoms with van der Waals surface area (Å²) in [6, 6.07) is 18.2. The van der Waals surface area contributed by atoms with Crippen molar-refractivity contribution in [2.75, 3.05) is 5.43 Å². The fourth-order valence-corrected chi connectivity index (χ4v) is 1.45.